The van der Waals surface area contributed by atoms with Crippen LogP contribution in [0.1, 0.15) is 53.9 Å². The van der Waals surface area contributed by atoms with Crippen LogP contribution in [-0.2, 0) is 4.79 Å². The molecule has 1 N–H and O–H groups in total. The minimum Gasteiger partial charge on any atom is -0.396 e. The highest BCUT2D eigenvalue weighted by molar-refractivity contribution is 5.86. The van der Waals surface area contributed by atoms with Crippen molar-refractivity contribution in [1.29, 1.82) is 0 Å². The monoisotopic (exact) mass is 214 g/mol. The molecule has 0 amide bonds. The molecule has 0 aliphatic carbocycles. The molecule has 0 radical (unpaired) electrons. The predicted octanol–water partition coefficient (Wildman–Crippen LogP) is 3.04. The third kappa shape index (κ3) is 5.93. The van der Waals surface area contributed by atoms with Crippen LogP contribution in [-0.4, -0.2) is 17.5 Å². The van der Waals surface area contributed by atoms with Gasteiger partial charge in [0.1, 0.15) is 5.78 Å². The lowest BCUT2D eigenvalue weighted by Crippen LogP contribution is -2.30. The molecule has 1 atom stereocenters. The van der Waals surface area contributed by atoms with Gasteiger partial charge < -0.3 is 5.11 Å². The maximum absolute atomic E-state index is 11.9. The molecule has 15 heavy (non-hydrogen) atoms. The van der Waals surface area contributed by atoms with E-state index in [0.29, 0.717) is 5.92 Å². The Morgan fingerprint density at radius 2 is 1.73 bits per heavy atom. The first-order valence-corrected chi connectivity index (χ1v) is 5.94. The normalized spacial score (nSPS) is 14.3. The van der Waals surface area contributed by atoms with Crippen LogP contribution in [0.4, 0.5) is 0 Å². The molecule has 0 rings (SSSR count). The van der Waals surface area contributed by atoms with Crippen molar-refractivity contribution in [2.75, 3.05) is 6.61 Å². The number of rotatable bonds is 6. The van der Waals surface area contributed by atoms with Crippen LogP contribution >= 0.6 is 0 Å². The van der Waals surface area contributed by atoms with Gasteiger partial charge in [-0.25, -0.2) is 0 Å². The Kier molecular flexibility index (Phi) is 6.11. The van der Waals surface area contributed by atoms with Gasteiger partial charge in [0.05, 0.1) is 6.61 Å². The van der Waals surface area contributed by atoms with Gasteiger partial charge in [-0.1, -0.05) is 47.5 Å². The quantitative estimate of drug-likeness (QED) is 0.738. The van der Waals surface area contributed by atoms with Gasteiger partial charge in [0.2, 0.25) is 0 Å². The van der Waals surface area contributed by atoms with Gasteiger partial charge >= 0.3 is 0 Å². The highest BCUT2D eigenvalue weighted by atomic mass is 16.3. The Morgan fingerprint density at radius 3 is 2.07 bits per heavy atom. The van der Waals surface area contributed by atoms with Gasteiger partial charge in [-0.15, -0.1) is 0 Å². The SMILES string of the molecule is CC(C)CCC[C@@H](CO)C(=O)C(C)(C)C. The average molecular weight is 214 g/mol. The van der Waals surface area contributed by atoms with E-state index in [1.165, 1.54) is 0 Å². The maximum Gasteiger partial charge on any atom is 0.143 e. The van der Waals surface area contributed by atoms with Crippen LogP contribution in [0.15, 0.2) is 0 Å². The Balaban J connectivity index is 4.09. The number of aliphatic hydroxyl groups is 1. The Labute approximate surface area is 94.1 Å². The molecular weight excluding hydrogens is 188 g/mol. The highest BCUT2D eigenvalue weighted by Crippen LogP contribution is 2.24. The molecule has 0 aromatic rings. The molecule has 2 heteroatoms. The average Bonchev–Trinajstić information content (AvgIpc) is 2.09. The van der Waals surface area contributed by atoms with E-state index in [2.05, 4.69) is 13.8 Å². The molecule has 90 valence electrons. The van der Waals surface area contributed by atoms with Gasteiger partial charge in [0.15, 0.2) is 0 Å². The Bertz CT molecular complexity index is 189. The van der Waals surface area contributed by atoms with E-state index in [1.807, 2.05) is 20.8 Å². The van der Waals surface area contributed by atoms with Crippen molar-refractivity contribution in [2.45, 2.75) is 53.9 Å². The summed E-state index contributed by atoms with van der Waals surface area (Å²) in [4.78, 5) is 11.9. The Hall–Kier alpha value is -0.370. The second kappa shape index (κ2) is 6.26. The predicted molar refractivity (Wildman–Crippen MR) is 63.7 cm³/mol. The van der Waals surface area contributed by atoms with Crippen LogP contribution in [0.5, 0.6) is 0 Å². The van der Waals surface area contributed by atoms with E-state index in [0.717, 1.165) is 19.3 Å². The summed E-state index contributed by atoms with van der Waals surface area (Å²) < 4.78 is 0. The summed E-state index contributed by atoms with van der Waals surface area (Å²) in [6, 6.07) is 0. The number of Topliss-reactive ketones (excluding diaryl/α,β-unsaturated/α-hetero) is 1. The standard InChI is InChI=1S/C13H26O2/c1-10(2)7-6-8-11(9-14)12(15)13(3,4)5/h10-11,14H,6-9H2,1-5H3/t11-/m0/s1. The van der Waals surface area contributed by atoms with Crippen LogP contribution in [0.2, 0.25) is 0 Å². The zero-order valence-electron chi connectivity index (χ0n) is 10.8. The molecule has 0 unspecified atom stereocenters. The minimum atomic E-state index is -0.328. The summed E-state index contributed by atoms with van der Waals surface area (Å²) in [5.74, 6) is 0.701. The van der Waals surface area contributed by atoms with E-state index in [-0.39, 0.29) is 23.7 Å². The molecule has 0 spiro atoms. The van der Waals surface area contributed by atoms with Crippen LogP contribution in [0.25, 0.3) is 0 Å². The van der Waals surface area contributed by atoms with Crippen molar-refractivity contribution in [1.82, 2.24) is 0 Å². The number of hydrogen-bond acceptors (Lipinski definition) is 2. The topological polar surface area (TPSA) is 37.3 Å². The van der Waals surface area contributed by atoms with E-state index in [4.69, 9.17) is 0 Å². The zero-order chi connectivity index (χ0) is 12.1. The highest BCUT2D eigenvalue weighted by Gasteiger charge is 2.28. The summed E-state index contributed by atoms with van der Waals surface area (Å²) >= 11 is 0. The van der Waals surface area contributed by atoms with Crippen molar-refractivity contribution in [3.8, 4) is 0 Å². The second-order valence-corrected chi connectivity index (χ2v) is 5.82. The first-order chi connectivity index (χ1) is 6.79. The molecule has 0 aromatic carbocycles. The minimum absolute atomic E-state index is 0.00576. The lowest BCUT2D eigenvalue weighted by Gasteiger charge is -2.23. The third-order valence-electron chi connectivity index (χ3n) is 2.66. The van der Waals surface area contributed by atoms with Gasteiger partial charge in [0, 0.05) is 11.3 Å². The van der Waals surface area contributed by atoms with Crippen molar-refractivity contribution in [2.24, 2.45) is 17.3 Å². The largest absolute Gasteiger partial charge is 0.396 e. The van der Waals surface area contributed by atoms with Crippen molar-refractivity contribution in [3.05, 3.63) is 0 Å². The van der Waals surface area contributed by atoms with Crippen LogP contribution in [0.3, 0.4) is 0 Å². The number of aliphatic hydroxyl groups excluding tert-OH is 1. The van der Waals surface area contributed by atoms with Crippen molar-refractivity contribution in [3.63, 3.8) is 0 Å². The molecule has 0 saturated carbocycles. The zero-order valence-corrected chi connectivity index (χ0v) is 10.8. The Morgan fingerprint density at radius 1 is 1.20 bits per heavy atom. The number of carbonyl (C=O) groups is 1. The number of hydrogen-bond donors (Lipinski definition) is 1. The summed E-state index contributed by atoms with van der Waals surface area (Å²) in [5, 5.41) is 9.20. The lowest BCUT2D eigenvalue weighted by molar-refractivity contribution is -0.131. The van der Waals surface area contributed by atoms with E-state index >= 15 is 0 Å². The van der Waals surface area contributed by atoms with Gasteiger partial charge in [-0.05, 0) is 12.3 Å². The fraction of sp³-hybridized carbons (Fsp3) is 0.923. The molecule has 0 saturated heterocycles. The van der Waals surface area contributed by atoms with Crippen LogP contribution < -0.4 is 0 Å². The second-order valence-electron chi connectivity index (χ2n) is 5.82. The fourth-order valence-electron chi connectivity index (χ4n) is 1.69. The molecule has 0 heterocycles. The van der Waals surface area contributed by atoms with Gasteiger partial charge in [-0.3, -0.25) is 4.79 Å². The third-order valence-corrected chi connectivity index (χ3v) is 2.66. The molecule has 0 aliphatic heterocycles. The molecule has 0 aliphatic rings. The lowest BCUT2D eigenvalue weighted by atomic mass is 9.81. The molecule has 0 aromatic heterocycles. The molecular formula is C13H26O2. The first kappa shape index (κ1) is 14.6. The summed E-state index contributed by atoms with van der Waals surface area (Å²) in [5.41, 5.74) is -0.328. The van der Waals surface area contributed by atoms with Gasteiger partial charge in [0.25, 0.3) is 0 Å². The number of ketones is 1. The fourth-order valence-corrected chi connectivity index (χ4v) is 1.69. The number of carbonyl (C=O) groups excluding carboxylic acids is 1. The van der Waals surface area contributed by atoms with Crippen LogP contribution in [0, 0.1) is 17.3 Å². The summed E-state index contributed by atoms with van der Waals surface area (Å²) in [6.07, 6.45) is 2.99. The van der Waals surface area contributed by atoms with E-state index < -0.39 is 0 Å². The summed E-state index contributed by atoms with van der Waals surface area (Å²) in [6.45, 7) is 10.1. The molecule has 2 nitrogen and oxygen atoms in total. The van der Waals surface area contributed by atoms with Crippen molar-refractivity contribution >= 4 is 5.78 Å². The molecule has 0 fully saturated rings. The van der Waals surface area contributed by atoms with E-state index in [1.54, 1.807) is 0 Å². The van der Waals surface area contributed by atoms with Gasteiger partial charge in [-0.2, -0.15) is 0 Å². The summed E-state index contributed by atoms with van der Waals surface area (Å²) in [7, 11) is 0. The van der Waals surface area contributed by atoms with E-state index in [9.17, 15) is 9.90 Å². The van der Waals surface area contributed by atoms with Crippen molar-refractivity contribution < 1.29 is 9.90 Å². The maximum atomic E-state index is 11.9. The smallest absolute Gasteiger partial charge is 0.143 e. The first-order valence-electron chi connectivity index (χ1n) is 5.94. The molecule has 0 bridgehead atoms.